The van der Waals surface area contributed by atoms with Crippen LogP contribution in [-0.4, -0.2) is 23.0 Å². The summed E-state index contributed by atoms with van der Waals surface area (Å²) < 4.78 is 3.87. The van der Waals surface area contributed by atoms with E-state index in [2.05, 4.69) is 4.74 Å². The number of hydrogen-bond donors (Lipinski definition) is 1. The standard InChI is InChI=1S/C6H8O5/c1-2-3-4(7)11-6(10)5(8)9/h2-3H2,1H3,(H,8,9). The number of carbonyl (C=O) groups excluding carboxylic acids is 2. The number of carbonyl (C=O) groups is 3. The predicted octanol–water partition coefficient (Wildman–Crippen LogP) is -0.0591. The number of aliphatic carboxylic acids is 1. The summed E-state index contributed by atoms with van der Waals surface area (Å²) in [6.45, 7) is 1.71. The lowest BCUT2D eigenvalue weighted by molar-refractivity contribution is -0.170. The molecule has 0 fully saturated rings. The average Bonchev–Trinajstić information content (AvgIpc) is 1.87. The molecule has 0 bridgehead atoms. The van der Waals surface area contributed by atoms with E-state index in [-0.39, 0.29) is 6.42 Å². The van der Waals surface area contributed by atoms with Crippen LogP contribution in [0.5, 0.6) is 0 Å². The zero-order valence-electron chi connectivity index (χ0n) is 5.99. The molecule has 0 aromatic rings. The molecule has 0 aliphatic heterocycles. The van der Waals surface area contributed by atoms with Gasteiger partial charge in [-0.25, -0.2) is 9.59 Å². The first-order valence-electron chi connectivity index (χ1n) is 3.05. The van der Waals surface area contributed by atoms with Crippen LogP contribution in [-0.2, 0) is 19.1 Å². The quantitative estimate of drug-likeness (QED) is 0.347. The molecule has 0 rings (SSSR count). The monoisotopic (exact) mass is 160 g/mol. The van der Waals surface area contributed by atoms with Crippen LogP contribution in [0.4, 0.5) is 0 Å². The molecule has 11 heavy (non-hydrogen) atoms. The Kier molecular flexibility index (Phi) is 3.87. The van der Waals surface area contributed by atoms with E-state index in [0.29, 0.717) is 6.42 Å². The van der Waals surface area contributed by atoms with Gasteiger partial charge in [-0.2, -0.15) is 0 Å². The highest BCUT2D eigenvalue weighted by Crippen LogP contribution is 1.91. The van der Waals surface area contributed by atoms with Crippen molar-refractivity contribution in [3.63, 3.8) is 0 Å². The first-order valence-corrected chi connectivity index (χ1v) is 3.05. The number of carboxylic acids is 1. The van der Waals surface area contributed by atoms with Gasteiger partial charge >= 0.3 is 17.9 Å². The molecule has 0 aliphatic carbocycles. The number of hydrogen-bond acceptors (Lipinski definition) is 4. The fraction of sp³-hybridized carbons (Fsp3) is 0.500. The third kappa shape index (κ3) is 4.07. The van der Waals surface area contributed by atoms with Crippen molar-refractivity contribution in [3.05, 3.63) is 0 Å². The molecule has 0 saturated heterocycles. The average molecular weight is 160 g/mol. The Morgan fingerprint density at radius 3 is 2.27 bits per heavy atom. The van der Waals surface area contributed by atoms with Gasteiger partial charge in [-0.3, -0.25) is 4.79 Å². The van der Waals surface area contributed by atoms with E-state index >= 15 is 0 Å². The fourth-order valence-electron chi connectivity index (χ4n) is 0.402. The molecule has 62 valence electrons. The van der Waals surface area contributed by atoms with E-state index in [4.69, 9.17) is 5.11 Å². The second kappa shape index (κ2) is 4.43. The third-order valence-corrected chi connectivity index (χ3v) is 0.835. The minimum Gasteiger partial charge on any atom is -0.473 e. The van der Waals surface area contributed by atoms with Gasteiger partial charge in [0, 0.05) is 6.42 Å². The van der Waals surface area contributed by atoms with E-state index in [1.807, 2.05) is 0 Å². The minimum absolute atomic E-state index is 0.0546. The highest BCUT2D eigenvalue weighted by molar-refractivity contribution is 6.30. The smallest absolute Gasteiger partial charge is 0.424 e. The Morgan fingerprint density at radius 1 is 1.36 bits per heavy atom. The summed E-state index contributed by atoms with van der Waals surface area (Å²) in [6.07, 6.45) is 0.574. The van der Waals surface area contributed by atoms with Crippen molar-refractivity contribution in [3.8, 4) is 0 Å². The molecule has 0 aliphatic rings. The summed E-state index contributed by atoms with van der Waals surface area (Å²) in [7, 11) is 0. The van der Waals surface area contributed by atoms with E-state index < -0.39 is 17.9 Å². The van der Waals surface area contributed by atoms with Gasteiger partial charge in [0.2, 0.25) is 0 Å². The highest BCUT2D eigenvalue weighted by Gasteiger charge is 2.16. The van der Waals surface area contributed by atoms with Crippen molar-refractivity contribution >= 4 is 17.9 Å². The summed E-state index contributed by atoms with van der Waals surface area (Å²) >= 11 is 0. The summed E-state index contributed by atoms with van der Waals surface area (Å²) in [6, 6.07) is 0. The van der Waals surface area contributed by atoms with E-state index in [1.54, 1.807) is 6.92 Å². The van der Waals surface area contributed by atoms with Crippen molar-refractivity contribution in [2.75, 3.05) is 0 Å². The number of ether oxygens (including phenoxy) is 1. The van der Waals surface area contributed by atoms with Crippen LogP contribution in [0.3, 0.4) is 0 Å². The highest BCUT2D eigenvalue weighted by atomic mass is 16.6. The molecular formula is C6H8O5. The lowest BCUT2D eigenvalue weighted by atomic mass is 10.3. The molecule has 0 unspecified atom stereocenters. The van der Waals surface area contributed by atoms with Gasteiger partial charge in [-0.05, 0) is 6.42 Å². The molecule has 5 nitrogen and oxygen atoms in total. The lowest BCUT2D eigenvalue weighted by Crippen LogP contribution is -2.20. The molecule has 0 saturated carbocycles. The van der Waals surface area contributed by atoms with E-state index in [0.717, 1.165) is 0 Å². The molecule has 5 heteroatoms. The van der Waals surface area contributed by atoms with Crippen LogP contribution in [0.2, 0.25) is 0 Å². The number of carboxylic acid groups (broad SMARTS) is 1. The zero-order chi connectivity index (χ0) is 8.85. The van der Waals surface area contributed by atoms with Gasteiger partial charge in [-0.1, -0.05) is 6.92 Å². The number of esters is 2. The SMILES string of the molecule is CCCC(=O)OC(=O)C(=O)O. The van der Waals surface area contributed by atoms with Gasteiger partial charge in [0.1, 0.15) is 0 Å². The third-order valence-electron chi connectivity index (χ3n) is 0.835. The second-order valence-electron chi connectivity index (χ2n) is 1.82. The number of rotatable bonds is 2. The molecule has 0 radical (unpaired) electrons. The first kappa shape index (κ1) is 9.61. The molecule has 0 amide bonds. The summed E-state index contributed by atoms with van der Waals surface area (Å²) in [5, 5.41) is 7.97. The van der Waals surface area contributed by atoms with Crippen LogP contribution in [0.1, 0.15) is 19.8 Å². The zero-order valence-corrected chi connectivity index (χ0v) is 5.99. The van der Waals surface area contributed by atoms with Crippen LogP contribution in [0.25, 0.3) is 0 Å². The Labute approximate surface area is 63.0 Å². The van der Waals surface area contributed by atoms with Gasteiger partial charge < -0.3 is 9.84 Å². The maximum absolute atomic E-state index is 10.5. The van der Waals surface area contributed by atoms with Crippen LogP contribution in [0.15, 0.2) is 0 Å². The van der Waals surface area contributed by atoms with Gasteiger partial charge in [-0.15, -0.1) is 0 Å². The molecule has 1 N–H and O–H groups in total. The predicted molar refractivity (Wildman–Crippen MR) is 33.6 cm³/mol. The van der Waals surface area contributed by atoms with Crippen molar-refractivity contribution < 1.29 is 24.2 Å². The first-order chi connectivity index (χ1) is 5.07. The normalized spacial score (nSPS) is 8.82. The van der Waals surface area contributed by atoms with Gasteiger partial charge in [0.25, 0.3) is 0 Å². The van der Waals surface area contributed by atoms with Crippen molar-refractivity contribution in [2.45, 2.75) is 19.8 Å². The molecule has 0 heterocycles. The summed E-state index contributed by atoms with van der Waals surface area (Å²) in [5.74, 6) is -4.09. The largest absolute Gasteiger partial charge is 0.473 e. The second-order valence-corrected chi connectivity index (χ2v) is 1.82. The van der Waals surface area contributed by atoms with Crippen LogP contribution >= 0.6 is 0 Å². The maximum Gasteiger partial charge on any atom is 0.424 e. The summed E-state index contributed by atoms with van der Waals surface area (Å²) in [4.78, 5) is 30.4. The van der Waals surface area contributed by atoms with Gasteiger partial charge in [0.05, 0.1) is 0 Å². The Hall–Kier alpha value is -1.39. The fourth-order valence-corrected chi connectivity index (χ4v) is 0.402. The van der Waals surface area contributed by atoms with Gasteiger partial charge in [0.15, 0.2) is 0 Å². The van der Waals surface area contributed by atoms with E-state index in [9.17, 15) is 14.4 Å². The van der Waals surface area contributed by atoms with Crippen LogP contribution < -0.4 is 0 Å². The maximum atomic E-state index is 10.5. The van der Waals surface area contributed by atoms with Crippen LogP contribution in [0, 0.1) is 0 Å². The molecule has 0 atom stereocenters. The molecular weight excluding hydrogens is 152 g/mol. The summed E-state index contributed by atoms with van der Waals surface area (Å²) in [5.41, 5.74) is 0. The van der Waals surface area contributed by atoms with Crippen molar-refractivity contribution in [1.82, 2.24) is 0 Å². The molecule has 0 aromatic heterocycles. The van der Waals surface area contributed by atoms with Crippen molar-refractivity contribution in [2.24, 2.45) is 0 Å². The van der Waals surface area contributed by atoms with Crippen molar-refractivity contribution in [1.29, 1.82) is 0 Å². The Morgan fingerprint density at radius 2 is 1.91 bits per heavy atom. The Balaban J connectivity index is 3.76. The van der Waals surface area contributed by atoms with E-state index in [1.165, 1.54) is 0 Å². The minimum atomic E-state index is -1.76. The topological polar surface area (TPSA) is 80.7 Å². The molecule has 0 aromatic carbocycles. The lowest BCUT2D eigenvalue weighted by Gasteiger charge is -1.95. The molecule has 0 spiro atoms. The Bertz CT molecular complexity index is 183.